The predicted octanol–water partition coefficient (Wildman–Crippen LogP) is 1.68. The molecule has 0 radical (unpaired) electrons. The molecule has 0 aromatic rings. The predicted molar refractivity (Wildman–Crippen MR) is 103 cm³/mol. The first-order valence-electron chi connectivity index (χ1n) is 11.0. The molecular weight excluding hydrogens is 388 g/mol. The summed E-state index contributed by atoms with van der Waals surface area (Å²) in [7, 11) is 0. The van der Waals surface area contributed by atoms with Crippen LogP contribution in [0.3, 0.4) is 0 Å². The second-order valence-electron chi connectivity index (χ2n) is 10.3. The molecule has 7 heteroatoms. The van der Waals surface area contributed by atoms with Crippen LogP contribution in [0.1, 0.15) is 40.0 Å². The lowest BCUT2D eigenvalue weighted by Crippen LogP contribution is -2.70. The molecule has 30 heavy (non-hydrogen) atoms. The lowest BCUT2D eigenvalue weighted by molar-refractivity contribution is -0.172. The fourth-order valence-corrected chi connectivity index (χ4v) is 7.69. The van der Waals surface area contributed by atoms with Gasteiger partial charge in [-0.05, 0) is 36.7 Å². The minimum atomic E-state index is -0.754. The first-order valence-corrected chi connectivity index (χ1v) is 11.0. The molecule has 7 nitrogen and oxygen atoms in total. The normalized spacial score (nSPS) is 52.4. The van der Waals surface area contributed by atoms with Crippen LogP contribution in [0.25, 0.3) is 0 Å². The fraction of sp³-hybridized carbons (Fsp3) is 0.739. The van der Waals surface area contributed by atoms with Gasteiger partial charge in [-0.15, -0.1) is 0 Å². The van der Waals surface area contributed by atoms with E-state index in [2.05, 4.69) is 13.5 Å². The highest BCUT2D eigenvalue weighted by Gasteiger charge is 2.95. The second kappa shape index (κ2) is 5.56. The first-order chi connectivity index (χ1) is 14.2. The Kier molecular flexibility index (Phi) is 3.52. The Bertz CT molecular complexity index is 907. The number of esters is 2. The summed E-state index contributed by atoms with van der Waals surface area (Å²) in [6.07, 6.45) is 1.44. The molecule has 162 valence electrons. The highest BCUT2D eigenvalue weighted by Crippen LogP contribution is 2.79. The highest BCUT2D eigenvalue weighted by atomic mass is 16.7. The standard InChI is InChI=1S/C23H28O7/c1-5-15(24)28-18-16(10(2)3)17(25)19-23(30-19)21(4)7-6-11-12(9-27-20(11)26)13(21)8-14-22(18,23)29-14/h5,10,13-14,16-19,25H,1,6-9H2,2-4H3/t13-,14-,16+,17+,18+,19-,21-,22+,23+/m0/s1. The zero-order valence-corrected chi connectivity index (χ0v) is 17.6. The van der Waals surface area contributed by atoms with E-state index in [1.807, 2.05) is 13.8 Å². The minimum Gasteiger partial charge on any atom is -0.458 e. The monoisotopic (exact) mass is 416 g/mol. The van der Waals surface area contributed by atoms with Crippen molar-refractivity contribution in [2.24, 2.45) is 23.2 Å². The average Bonchev–Trinajstić information content (AvgIpc) is 3.58. The van der Waals surface area contributed by atoms with E-state index in [-0.39, 0.29) is 41.3 Å². The maximum atomic E-state index is 12.3. The van der Waals surface area contributed by atoms with Crippen molar-refractivity contribution >= 4 is 11.9 Å². The molecule has 6 aliphatic rings. The van der Waals surface area contributed by atoms with Gasteiger partial charge in [0, 0.05) is 23.0 Å². The van der Waals surface area contributed by atoms with Gasteiger partial charge in [-0.1, -0.05) is 27.4 Å². The smallest absolute Gasteiger partial charge is 0.334 e. The number of hydrogen-bond donors (Lipinski definition) is 1. The van der Waals surface area contributed by atoms with E-state index in [1.165, 1.54) is 0 Å². The molecular formula is C23H28O7. The van der Waals surface area contributed by atoms with Crippen molar-refractivity contribution in [3.8, 4) is 0 Å². The molecule has 3 aliphatic heterocycles. The van der Waals surface area contributed by atoms with Crippen LogP contribution in [0.15, 0.2) is 23.8 Å². The molecule has 0 unspecified atom stereocenters. The number of cyclic esters (lactones) is 1. The van der Waals surface area contributed by atoms with Crippen molar-refractivity contribution in [2.75, 3.05) is 6.61 Å². The number of carbonyl (C=O) groups is 2. The van der Waals surface area contributed by atoms with Crippen LogP contribution in [0.5, 0.6) is 0 Å². The number of hydrogen-bond acceptors (Lipinski definition) is 7. The Morgan fingerprint density at radius 1 is 1.37 bits per heavy atom. The third-order valence-corrected chi connectivity index (χ3v) is 9.03. The van der Waals surface area contributed by atoms with Crippen molar-refractivity contribution in [3.63, 3.8) is 0 Å². The summed E-state index contributed by atoms with van der Waals surface area (Å²) in [5, 5.41) is 11.3. The lowest BCUT2D eigenvalue weighted by Gasteiger charge is -2.55. The lowest BCUT2D eigenvalue weighted by atomic mass is 9.46. The highest BCUT2D eigenvalue weighted by molar-refractivity contribution is 5.92. The van der Waals surface area contributed by atoms with E-state index in [0.717, 1.165) is 30.1 Å². The summed E-state index contributed by atoms with van der Waals surface area (Å²) in [5.41, 5.74) is 0.0671. The zero-order chi connectivity index (χ0) is 21.2. The summed E-state index contributed by atoms with van der Waals surface area (Å²) in [6, 6.07) is 0. The van der Waals surface area contributed by atoms with Crippen LogP contribution in [-0.2, 0) is 28.5 Å². The number of aliphatic hydroxyl groups is 1. The molecule has 6 rings (SSSR count). The van der Waals surface area contributed by atoms with Crippen LogP contribution in [-0.4, -0.2) is 59.3 Å². The Hall–Kier alpha value is -1.70. The quantitative estimate of drug-likeness (QED) is 0.425. The molecule has 3 heterocycles. The minimum absolute atomic E-state index is 0.0797. The number of fused-ring (bicyclic) bond motifs is 2. The number of epoxide rings is 2. The third-order valence-electron chi connectivity index (χ3n) is 9.03. The van der Waals surface area contributed by atoms with Gasteiger partial charge in [0.1, 0.15) is 24.4 Å². The number of ether oxygens (including phenoxy) is 4. The Balaban J connectivity index is 1.48. The first kappa shape index (κ1) is 19.0. The fourth-order valence-electron chi connectivity index (χ4n) is 7.69. The van der Waals surface area contributed by atoms with Gasteiger partial charge in [0.2, 0.25) is 0 Å². The van der Waals surface area contributed by atoms with Gasteiger partial charge >= 0.3 is 11.9 Å². The van der Waals surface area contributed by atoms with Gasteiger partial charge in [-0.3, -0.25) is 0 Å². The molecule has 0 bridgehead atoms. The molecule has 3 aliphatic carbocycles. The molecule has 1 N–H and O–H groups in total. The molecule has 2 saturated heterocycles. The summed E-state index contributed by atoms with van der Waals surface area (Å²) < 4.78 is 24.2. The van der Waals surface area contributed by atoms with Gasteiger partial charge in [0.05, 0.1) is 12.2 Å². The molecule has 9 atom stereocenters. The summed E-state index contributed by atoms with van der Waals surface area (Å²) in [6.45, 7) is 10.1. The summed E-state index contributed by atoms with van der Waals surface area (Å²) >= 11 is 0. The number of rotatable bonds is 3. The van der Waals surface area contributed by atoms with Crippen molar-refractivity contribution < 1.29 is 33.6 Å². The van der Waals surface area contributed by atoms with Crippen LogP contribution >= 0.6 is 0 Å². The van der Waals surface area contributed by atoms with E-state index in [0.29, 0.717) is 13.0 Å². The largest absolute Gasteiger partial charge is 0.458 e. The van der Waals surface area contributed by atoms with Crippen LogP contribution < -0.4 is 0 Å². The van der Waals surface area contributed by atoms with Crippen molar-refractivity contribution in [1.29, 1.82) is 0 Å². The van der Waals surface area contributed by atoms with Gasteiger partial charge in [-0.2, -0.15) is 0 Å². The van der Waals surface area contributed by atoms with Gasteiger partial charge < -0.3 is 24.1 Å². The Labute approximate surface area is 175 Å². The zero-order valence-electron chi connectivity index (χ0n) is 17.6. The van der Waals surface area contributed by atoms with Crippen LogP contribution in [0.2, 0.25) is 0 Å². The molecule has 0 aromatic carbocycles. The summed E-state index contributed by atoms with van der Waals surface area (Å²) in [4.78, 5) is 24.5. The maximum Gasteiger partial charge on any atom is 0.334 e. The number of carbonyl (C=O) groups excluding carboxylic acids is 2. The van der Waals surface area contributed by atoms with Gasteiger partial charge in [0.25, 0.3) is 0 Å². The van der Waals surface area contributed by atoms with Gasteiger partial charge in [0.15, 0.2) is 5.60 Å². The van der Waals surface area contributed by atoms with E-state index >= 15 is 0 Å². The molecule has 0 aromatic heterocycles. The van der Waals surface area contributed by atoms with Crippen LogP contribution in [0.4, 0.5) is 0 Å². The summed E-state index contributed by atoms with van der Waals surface area (Å²) in [5.74, 6) is -0.818. The second-order valence-corrected chi connectivity index (χ2v) is 10.3. The van der Waals surface area contributed by atoms with Crippen molar-refractivity contribution in [1.82, 2.24) is 0 Å². The van der Waals surface area contributed by atoms with E-state index in [4.69, 9.17) is 18.9 Å². The average molecular weight is 416 g/mol. The van der Waals surface area contributed by atoms with E-state index < -0.39 is 29.4 Å². The van der Waals surface area contributed by atoms with Crippen molar-refractivity contribution in [3.05, 3.63) is 23.8 Å². The van der Waals surface area contributed by atoms with Gasteiger partial charge in [-0.25, -0.2) is 9.59 Å². The van der Waals surface area contributed by atoms with Crippen LogP contribution in [0, 0.1) is 23.2 Å². The molecule has 2 saturated carbocycles. The molecule has 0 amide bonds. The third kappa shape index (κ3) is 1.85. The van der Waals surface area contributed by atoms with E-state index in [9.17, 15) is 14.7 Å². The SMILES string of the molecule is C=CC(=O)O[C@@H]1[C@H](C(C)C)[C@@H](O)[C@@H]2O[C@]23[C@]12O[C@H]2C[C@H]1C2=C(CC[C@@]13C)C(=O)OC2. The van der Waals surface area contributed by atoms with E-state index in [1.54, 1.807) is 0 Å². The topological polar surface area (TPSA) is 97.9 Å². The Morgan fingerprint density at radius 3 is 2.83 bits per heavy atom. The molecule has 2 spiro atoms. The molecule has 4 fully saturated rings. The number of aliphatic hydroxyl groups excluding tert-OH is 1. The van der Waals surface area contributed by atoms with Crippen molar-refractivity contribution in [2.45, 2.75) is 75.7 Å². The Morgan fingerprint density at radius 2 is 2.13 bits per heavy atom. The maximum absolute atomic E-state index is 12.3.